The van der Waals surface area contributed by atoms with E-state index in [1.807, 2.05) is 60.7 Å². The van der Waals surface area contributed by atoms with Crippen molar-refractivity contribution in [3.05, 3.63) is 237 Å². The summed E-state index contributed by atoms with van der Waals surface area (Å²) >= 11 is 0. The SMILES string of the molecule is c1ccc(-c2ccc(N(c3ccc(-c4ccccc4)cc3)c3ccc(-c4cccc5c6ccccc6n(-c6nc(-c7ccccc7)nc(-c7ccccc7)n6)c45)cc3)cc2)cc1. The summed E-state index contributed by atoms with van der Waals surface area (Å²) in [6.07, 6.45) is 0. The molecule has 62 heavy (non-hydrogen) atoms. The number of fused-ring (bicyclic) bond motifs is 3. The van der Waals surface area contributed by atoms with Gasteiger partial charge in [0.1, 0.15) is 0 Å². The molecule has 0 atom stereocenters. The van der Waals surface area contributed by atoms with E-state index in [1.165, 1.54) is 22.3 Å². The third kappa shape index (κ3) is 6.87. The van der Waals surface area contributed by atoms with E-state index < -0.39 is 0 Å². The van der Waals surface area contributed by atoms with Crippen molar-refractivity contribution in [2.45, 2.75) is 0 Å². The molecule has 0 radical (unpaired) electrons. The molecule has 0 saturated heterocycles. The Morgan fingerprint density at radius 3 is 1.16 bits per heavy atom. The van der Waals surface area contributed by atoms with Crippen LogP contribution in [0.15, 0.2) is 237 Å². The lowest BCUT2D eigenvalue weighted by Gasteiger charge is -2.26. The van der Waals surface area contributed by atoms with E-state index in [2.05, 4.69) is 185 Å². The summed E-state index contributed by atoms with van der Waals surface area (Å²) < 4.78 is 2.21. The van der Waals surface area contributed by atoms with E-state index in [0.717, 1.165) is 61.1 Å². The first-order chi connectivity index (χ1) is 30.7. The molecule has 0 spiro atoms. The van der Waals surface area contributed by atoms with Crippen LogP contribution in [-0.4, -0.2) is 19.5 Å². The fourth-order valence-electron chi connectivity index (χ4n) is 8.46. The molecule has 0 N–H and O–H groups in total. The average molecular weight is 794 g/mol. The summed E-state index contributed by atoms with van der Waals surface area (Å²) in [4.78, 5) is 17.7. The standard InChI is InChI=1S/C57H39N5/c1-5-16-40(17-6-1)42-28-34-47(35-29-42)61(48-36-30-43(31-37-48)41-18-7-2-8-19-41)49-38-32-44(33-39-49)50-25-15-26-52-51-24-13-14-27-53(51)62(54(50)52)57-59-55(45-20-9-3-10-21-45)58-56(60-57)46-22-11-4-12-23-46/h1-39H. The molecule has 0 aliphatic rings. The maximum absolute atomic E-state index is 5.20. The molecular weight excluding hydrogens is 755 g/mol. The summed E-state index contributed by atoms with van der Waals surface area (Å²) in [7, 11) is 0. The molecule has 0 saturated carbocycles. The number of nitrogens with zero attached hydrogens (tertiary/aromatic N) is 5. The molecule has 0 fully saturated rings. The number of hydrogen-bond donors (Lipinski definition) is 0. The molecule has 9 aromatic carbocycles. The van der Waals surface area contributed by atoms with Gasteiger partial charge in [0.05, 0.1) is 11.0 Å². The van der Waals surface area contributed by atoms with Crippen LogP contribution in [0.5, 0.6) is 0 Å². The first-order valence-corrected chi connectivity index (χ1v) is 20.9. The van der Waals surface area contributed by atoms with Crippen LogP contribution in [0.25, 0.3) is 83.9 Å². The average Bonchev–Trinajstić information content (AvgIpc) is 3.70. The lowest BCUT2D eigenvalue weighted by atomic mass is 10.0. The van der Waals surface area contributed by atoms with Crippen LogP contribution in [0, 0.1) is 0 Å². The van der Waals surface area contributed by atoms with Crippen molar-refractivity contribution in [2.75, 3.05) is 4.90 Å². The second-order valence-corrected chi connectivity index (χ2v) is 15.3. The van der Waals surface area contributed by atoms with Gasteiger partial charge in [0.2, 0.25) is 5.95 Å². The molecule has 2 heterocycles. The second kappa shape index (κ2) is 16.0. The van der Waals surface area contributed by atoms with Crippen molar-refractivity contribution in [1.29, 1.82) is 0 Å². The molecule has 0 aliphatic heterocycles. The zero-order chi connectivity index (χ0) is 41.2. The number of anilines is 3. The summed E-state index contributed by atoms with van der Waals surface area (Å²) in [6, 6.07) is 83.0. The first kappa shape index (κ1) is 36.7. The molecule has 0 unspecified atom stereocenters. The first-order valence-electron chi connectivity index (χ1n) is 20.9. The number of benzene rings is 9. The van der Waals surface area contributed by atoms with Crippen LogP contribution in [-0.2, 0) is 0 Å². The van der Waals surface area contributed by atoms with Gasteiger partial charge < -0.3 is 4.90 Å². The minimum Gasteiger partial charge on any atom is -0.311 e. The minimum atomic E-state index is 0.567. The van der Waals surface area contributed by atoms with Gasteiger partial charge in [0, 0.05) is 44.5 Å². The largest absolute Gasteiger partial charge is 0.311 e. The van der Waals surface area contributed by atoms with Gasteiger partial charge in [-0.15, -0.1) is 0 Å². The quantitative estimate of drug-likeness (QED) is 0.146. The highest BCUT2D eigenvalue weighted by atomic mass is 15.2. The Morgan fingerprint density at radius 2 is 0.677 bits per heavy atom. The van der Waals surface area contributed by atoms with Gasteiger partial charge in [-0.05, 0) is 70.3 Å². The fourth-order valence-corrected chi connectivity index (χ4v) is 8.46. The lowest BCUT2D eigenvalue weighted by Crippen LogP contribution is -2.10. The van der Waals surface area contributed by atoms with Crippen molar-refractivity contribution < 1.29 is 0 Å². The highest BCUT2D eigenvalue weighted by molar-refractivity contribution is 6.13. The third-order valence-electron chi connectivity index (χ3n) is 11.5. The van der Waals surface area contributed by atoms with Crippen LogP contribution in [0.4, 0.5) is 17.1 Å². The fraction of sp³-hybridized carbons (Fsp3) is 0. The van der Waals surface area contributed by atoms with Crippen LogP contribution in [0.1, 0.15) is 0 Å². The Labute approximate surface area is 360 Å². The number of rotatable bonds is 9. The maximum atomic E-state index is 5.20. The smallest absolute Gasteiger partial charge is 0.238 e. The summed E-state index contributed by atoms with van der Waals surface area (Å²) in [6.45, 7) is 0. The monoisotopic (exact) mass is 793 g/mol. The summed E-state index contributed by atoms with van der Waals surface area (Å²) in [5.41, 5.74) is 14.0. The molecule has 11 rings (SSSR count). The molecule has 292 valence electrons. The zero-order valence-corrected chi connectivity index (χ0v) is 33.8. The Balaban J connectivity index is 1.05. The maximum Gasteiger partial charge on any atom is 0.238 e. The Bertz CT molecular complexity index is 3150. The van der Waals surface area contributed by atoms with Crippen molar-refractivity contribution >= 4 is 38.9 Å². The highest BCUT2D eigenvalue weighted by Crippen LogP contribution is 2.41. The summed E-state index contributed by atoms with van der Waals surface area (Å²) in [5.74, 6) is 1.81. The minimum absolute atomic E-state index is 0.567. The molecule has 5 nitrogen and oxygen atoms in total. The summed E-state index contributed by atoms with van der Waals surface area (Å²) in [5, 5.41) is 2.26. The van der Waals surface area contributed by atoms with Gasteiger partial charge in [-0.1, -0.05) is 194 Å². The van der Waals surface area contributed by atoms with Gasteiger partial charge in [-0.25, -0.2) is 4.98 Å². The topological polar surface area (TPSA) is 46.8 Å². The molecule has 2 aromatic heterocycles. The highest BCUT2D eigenvalue weighted by Gasteiger charge is 2.21. The van der Waals surface area contributed by atoms with Crippen molar-refractivity contribution in [2.24, 2.45) is 0 Å². The Morgan fingerprint density at radius 1 is 0.290 bits per heavy atom. The lowest BCUT2D eigenvalue weighted by molar-refractivity contribution is 0.954. The molecule has 0 amide bonds. The number of hydrogen-bond acceptors (Lipinski definition) is 4. The van der Waals surface area contributed by atoms with Gasteiger partial charge in [-0.2, -0.15) is 9.97 Å². The predicted molar refractivity (Wildman–Crippen MR) is 256 cm³/mol. The van der Waals surface area contributed by atoms with E-state index >= 15 is 0 Å². The van der Waals surface area contributed by atoms with Gasteiger partial charge in [0.15, 0.2) is 11.6 Å². The van der Waals surface area contributed by atoms with Gasteiger partial charge >= 0.3 is 0 Å². The van der Waals surface area contributed by atoms with Crippen molar-refractivity contribution in [3.8, 4) is 62.1 Å². The molecule has 11 aromatic rings. The number of para-hydroxylation sites is 2. The molecule has 0 aliphatic carbocycles. The van der Waals surface area contributed by atoms with Crippen LogP contribution in [0.3, 0.4) is 0 Å². The third-order valence-corrected chi connectivity index (χ3v) is 11.5. The van der Waals surface area contributed by atoms with Crippen LogP contribution >= 0.6 is 0 Å². The van der Waals surface area contributed by atoms with E-state index in [0.29, 0.717) is 17.6 Å². The molecule has 5 heteroatoms. The second-order valence-electron chi connectivity index (χ2n) is 15.3. The predicted octanol–water partition coefficient (Wildman–Crippen LogP) is 14.8. The van der Waals surface area contributed by atoms with E-state index in [4.69, 9.17) is 15.0 Å². The van der Waals surface area contributed by atoms with Crippen molar-refractivity contribution in [3.63, 3.8) is 0 Å². The number of aromatic nitrogens is 4. The Kier molecular flexibility index (Phi) is 9.45. The van der Waals surface area contributed by atoms with Crippen LogP contribution < -0.4 is 4.90 Å². The normalized spacial score (nSPS) is 11.2. The van der Waals surface area contributed by atoms with Crippen LogP contribution in [0.2, 0.25) is 0 Å². The van der Waals surface area contributed by atoms with Gasteiger partial charge in [0.25, 0.3) is 0 Å². The van der Waals surface area contributed by atoms with E-state index in [1.54, 1.807) is 0 Å². The van der Waals surface area contributed by atoms with E-state index in [9.17, 15) is 0 Å². The Hall–Kier alpha value is -8.41. The van der Waals surface area contributed by atoms with E-state index in [-0.39, 0.29) is 0 Å². The van der Waals surface area contributed by atoms with Crippen molar-refractivity contribution in [1.82, 2.24) is 19.5 Å². The zero-order valence-electron chi connectivity index (χ0n) is 33.8. The molecular formula is C57H39N5. The molecule has 0 bridgehead atoms. The van der Waals surface area contributed by atoms with Gasteiger partial charge in [-0.3, -0.25) is 4.57 Å².